The van der Waals surface area contributed by atoms with Crippen molar-refractivity contribution in [3.05, 3.63) is 87.9 Å². The highest BCUT2D eigenvalue weighted by atomic mass is 79.9. The van der Waals surface area contributed by atoms with Crippen molar-refractivity contribution in [2.24, 2.45) is 5.92 Å². The van der Waals surface area contributed by atoms with Crippen LogP contribution in [0, 0.1) is 5.92 Å². The number of carbonyl (C=O) groups excluding carboxylic acids is 2. The van der Waals surface area contributed by atoms with Crippen LogP contribution in [0.4, 0.5) is 10.5 Å². The zero-order valence-corrected chi connectivity index (χ0v) is 21.5. The molecule has 0 spiro atoms. The number of ether oxygens (including phenoxy) is 2. The van der Waals surface area contributed by atoms with Gasteiger partial charge in [0.25, 0.3) is 0 Å². The molecule has 6 rings (SSSR count). The Hall–Kier alpha value is -3.32. The van der Waals surface area contributed by atoms with E-state index in [4.69, 9.17) is 9.47 Å². The first-order valence-corrected chi connectivity index (χ1v) is 13.2. The van der Waals surface area contributed by atoms with Gasteiger partial charge in [-0.15, -0.1) is 0 Å². The zero-order chi connectivity index (χ0) is 24.8. The number of esters is 1. The number of benzene rings is 3. The first-order chi connectivity index (χ1) is 17.6. The quantitative estimate of drug-likeness (QED) is 0.399. The molecule has 1 fully saturated rings. The minimum absolute atomic E-state index is 0.00137. The van der Waals surface area contributed by atoms with Crippen molar-refractivity contribution in [3.63, 3.8) is 0 Å². The van der Waals surface area contributed by atoms with Gasteiger partial charge >= 0.3 is 12.1 Å². The average molecular weight is 547 g/mol. The molecule has 3 atom stereocenters. The maximum Gasteiger partial charge on any atom is 0.410 e. The highest BCUT2D eigenvalue weighted by molar-refractivity contribution is 9.10. The predicted molar refractivity (Wildman–Crippen MR) is 141 cm³/mol. The molecule has 2 heterocycles. The van der Waals surface area contributed by atoms with Crippen LogP contribution in [0.25, 0.3) is 11.1 Å². The highest BCUT2D eigenvalue weighted by Gasteiger charge is 2.49. The van der Waals surface area contributed by atoms with E-state index in [9.17, 15) is 9.59 Å². The molecule has 1 saturated heterocycles. The number of amides is 1. The Kier molecular flexibility index (Phi) is 5.96. The van der Waals surface area contributed by atoms with Crippen LogP contribution in [0.15, 0.2) is 71.2 Å². The SMILES string of the molecule is CCOC(=O)[C@@H]1Nc2ccc(Br)cc2[C@H]2[C@@H]1CCN2C(=O)OCC1c2ccccc2-c2ccccc21. The maximum absolute atomic E-state index is 13.5. The van der Waals surface area contributed by atoms with Crippen LogP contribution in [0.1, 0.15) is 42.0 Å². The molecule has 7 heteroatoms. The molecular weight excluding hydrogens is 520 g/mol. The monoisotopic (exact) mass is 546 g/mol. The van der Waals surface area contributed by atoms with E-state index in [1.807, 2.05) is 42.5 Å². The summed E-state index contributed by atoms with van der Waals surface area (Å²) in [7, 11) is 0. The number of carbonyl (C=O) groups is 2. The van der Waals surface area contributed by atoms with Gasteiger partial charge in [0.2, 0.25) is 0 Å². The van der Waals surface area contributed by atoms with Crippen LogP contribution in [0.3, 0.4) is 0 Å². The van der Waals surface area contributed by atoms with Gasteiger partial charge in [0.15, 0.2) is 0 Å². The molecule has 1 N–H and O–H groups in total. The topological polar surface area (TPSA) is 67.9 Å². The van der Waals surface area contributed by atoms with Gasteiger partial charge in [-0.3, -0.25) is 0 Å². The van der Waals surface area contributed by atoms with Gasteiger partial charge in [-0.05, 0) is 59.4 Å². The first-order valence-electron chi connectivity index (χ1n) is 12.4. The van der Waals surface area contributed by atoms with Crippen LogP contribution < -0.4 is 5.32 Å². The van der Waals surface area contributed by atoms with Gasteiger partial charge in [0.05, 0.1) is 12.6 Å². The molecule has 2 aliphatic heterocycles. The molecule has 0 bridgehead atoms. The van der Waals surface area contributed by atoms with E-state index in [1.165, 1.54) is 22.3 Å². The number of anilines is 1. The van der Waals surface area contributed by atoms with E-state index >= 15 is 0 Å². The largest absolute Gasteiger partial charge is 0.464 e. The molecule has 0 radical (unpaired) electrons. The molecule has 0 unspecified atom stereocenters. The number of halogens is 1. The number of hydrogen-bond acceptors (Lipinski definition) is 5. The van der Waals surface area contributed by atoms with Crippen molar-refractivity contribution in [1.29, 1.82) is 0 Å². The molecular formula is C29H27BrN2O4. The van der Waals surface area contributed by atoms with Crippen LogP contribution >= 0.6 is 15.9 Å². The third kappa shape index (κ3) is 3.77. The van der Waals surface area contributed by atoms with E-state index in [0.29, 0.717) is 19.6 Å². The van der Waals surface area contributed by atoms with Crippen LogP contribution in [-0.4, -0.2) is 42.8 Å². The minimum Gasteiger partial charge on any atom is -0.464 e. The van der Waals surface area contributed by atoms with Gasteiger partial charge < -0.3 is 19.7 Å². The fraction of sp³-hybridized carbons (Fsp3) is 0.310. The van der Waals surface area contributed by atoms with Crippen molar-refractivity contribution in [1.82, 2.24) is 4.90 Å². The van der Waals surface area contributed by atoms with Gasteiger partial charge in [-0.25, -0.2) is 9.59 Å². The van der Waals surface area contributed by atoms with Crippen LogP contribution in [0.2, 0.25) is 0 Å². The number of likely N-dealkylation sites (tertiary alicyclic amines) is 1. The second-order valence-corrected chi connectivity index (χ2v) is 10.4. The normalized spacial score (nSPS) is 21.6. The lowest BCUT2D eigenvalue weighted by Crippen LogP contribution is -2.46. The Labute approximate surface area is 218 Å². The van der Waals surface area contributed by atoms with Gasteiger partial charge in [-0.1, -0.05) is 64.5 Å². The lowest BCUT2D eigenvalue weighted by Gasteiger charge is -2.38. The maximum atomic E-state index is 13.5. The van der Waals surface area contributed by atoms with E-state index in [-0.39, 0.29) is 36.5 Å². The summed E-state index contributed by atoms with van der Waals surface area (Å²) in [5.41, 5.74) is 6.60. The number of nitrogens with zero attached hydrogens (tertiary/aromatic N) is 1. The Balaban J connectivity index is 1.26. The van der Waals surface area contributed by atoms with Crippen LogP contribution in [0.5, 0.6) is 0 Å². The van der Waals surface area contributed by atoms with Crippen molar-refractivity contribution in [2.75, 3.05) is 25.1 Å². The summed E-state index contributed by atoms with van der Waals surface area (Å²) < 4.78 is 12.3. The average Bonchev–Trinajstić information content (AvgIpc) is 3.47. The second-order valence-electron chi connectivity index (χ2n) is 9.50. The predicted octanol–water partition coefficient (Wildman–Crippen LogP) is 6.12. The summed E-state index contributed by atoms with van der Waals surface area (Å²) in [4.78, 5) is 28.1. The highest BCUT2D eigenvalue weighted by Crippen LogP contribution is 2.48. The second kappa shape index (κ2) is 9.28. The fourth-order valence-electron chi connectivity index (χ4n) is 6.10. The molecule has 0 aromatic heterocycles. The Morgan fingerprint density at radius 1 is 0.972 bits per heavy atom. The Bertz CT molecular complexity index is 1300. The van der Waals surface area contributed by atoms with Crippen LogP contribution in [-0.2, 0) is 14.3 Å². The number of fused-ring (bicyclic) bond motifs is 6. The lowest BCUT2D eigenvalue weighted by molar-refractivity contribution is -0.145. The van der Waals surface area contributed by atoms with Gasteiger partial charge in [0.1, 0.15) is 12.6 Å². The van der Waals surface area contributed by atoms with Crippen molar-refractivity contribution in [3.8, 4) is 11.1 Å². The molecule has 1 amide bonds. The van der Waals surface area contributed by atoms with Gasteiger partial charge in [0, 0.05) is 28.5 Å². The molecule has 3 aromatic carbocycles. The number of rotatable bonds is 4. The molecule has 1 aliphatic carbocycles. The molecule has 36 heavy (non-hydrogen) atoms. The summed E-state index contributed by atoms with van der Waals surface area (Å²) >= 11 is 3.57. The molecule has 0 saturated carbocycles. The summed E-state index contributed by atoms with van der Waals surface area (Å²) in [6.45, 7) is 2.92. The zero-order valence-electron chi connectivity index (χ0n) is 19.9. The number of nitrogens with one attached hydrogen (secondary N) is 1. The van der Waals surface area contributed by atoms with E-state index in [2.05, 4.69) is 45.5 Å². The van der Waals surface area contributed by atoms with E-state index in [0.717, 1.165) is 15.7 Å². The minimum atomic E-state index is -0.505. The van der Waals surface area contributed by atoms with E-state index in [1.54, 1.807) is 11.8 Å². The van der Waals surface area contributed by atoms with Crippen molar-refractivity contribution in [2.45, 2.75) is 31.3 Å². The third-order valence-corrected chi connectivity index (χ3v) is 8.12. The molecule has 3 aromatic rings. The summed E-state index contributed by atoms with van der Waals surface area (Å²) in [5.74, 6) is -0.372. The summed E-state index contributed by atoms with van der Waals surface area (Å²) in [6, 6.07) is 21.8. The van der Waals surface area contributed by atoms with Gasteiger partial charge in [-0.2, -0.15) is 0 Å². The standard InChI is InChI=1S/C29H27BrN2O4/c1-2-35-28(33)26-22-13-14-32(27(22)23-15-17(30)11-12-25(23)31-26)29(34)36-16-24-20-9-5-3-7-18(20)19-8-4-6-10-21(19)24/h3-12,15,22,24,26-27,31H,2,13-14,16H2,1H3/t22-,26-,27-/m1/s1. The Morgan fingerprint density at radius 3 is 2.36 bits per heavy atom. The summed E-state index contributed by atoms with van der Waals surface area (Å²) in [5, 5.41) is 3.36. The van der Waals surface area contributed by atoms with E-state index < -0.39 is 6.04 Å². The summed E-state index contributed by atoms with van der Waals surface area (Å²) in [6.07, 6.45) is 0.344. The lowest BCUT2D eigenvalue weighted by atomic mass is 9.83. The van der Waals surface area contributed by atoms with Crippen molar-refractivity contribution < 1.29 is 19.1 Å². The number of hydrogen-bond donors (Lipinski definition) is 1. The molecule has 6 nitrogen and oxygen atoms in total. The fourth-order valence-corrected chi connectivity index (χ4v) is 6.47. The smallest absolute Gasteiger partial charge is 0.410 e. The molecule has 184 valence electrons. The Morgan fingerprint density at radius 2 is 1.67 bits per heavy atom. The van der Waals surface area contributed by atoms with Crippen molar-refractivity contribution >= 4 is 33.7 Å². The molecule has 3 aliphatic rings. The third-order valence-electron chi connectivity index (χ3n) is 7.63. The first kappa shape index (κ1) is 23.1.